The summed E-state index contributed by atoms with van der Waals surface area (Å²) in [6, 6.07) is 12.8. The SMILES string of the molecule is O=c1c2ccccc2cnn1-c1nc2ccc(Cl)cc2s1. The lowest BCUT2D eigenvalue weighted by atomic mass is 10.2. The van der Waals surface area contributed by atoms with E-state index in [1.165, 1.54) is 16.0 Å². The number of halogens is 1. The van der Waals surface area contributed by atoms with Crippen molar-refractivity contribution in [3.63, 3.8) is 0 Å². The minimum absolute atomic E-state index is 0.168. The Morgan fingerprint density at radius 1 is 1.14 bits per heavy atom. The molecular formula is C15H8ClN3OS. The molecule has 0 bridgehead atoms. The standard InChI is InChI=1S/C15H8ClN3OS/c16-10-5-6-12-13(7-10)21-15(18-12)19-14(20)11-4-2-1-3-9(11)8-17-19/h1-8H. The molecule has 0 atom stereocenters. The number of rotatable bonds is 1. The minimum atomic E-state index is -0.168. The summed E-state index contributed by atoms with van der Waals surface area (Å²) in [5.41, 5.74) is 0.638. The first-order valence-corrected chi connectivity index (χ1v) is 7.45. The molecule has 0 unspecified atom stereocenters. The van der Waals surface area contributed by atoms with E-state index in [-0.39, 0.29) is 5.56 Å². The molecule has 0 aliphatic carbocycles. The monoisotopic (exact) mass is 313 g/mol. The second-order valence-electron chi connectivity index (χ2n) is 4.56. The van der Waals surface area contributed by atoms with E-state index in [1.807, 2.05) is 30.3 Å². The van der Waals surface area contributed by atoms with Crippen molar-refractivity contribution in [1.82, 2.24) is 14.8 Å². The van der Waals surface area contributed by atoms with E-state index in [0.29, 0.717) is 15.5 Å². The first kappa shape index (κ1) is 12.5. The van der Waals surface area contributed by atoms with Gasteiger partial charge in [-0.05, 0) is 24.3 Å². The lowest BCUT2D eigenvalue weighted by Crippen LogP contribution is -2.20. The summed E-state index contributed by atoms with van der Waals surface area (Å²) in [7, 11) is 0. The summed E-state index contributed by atoms with van der Waals surface area (Å²) in [5, 5.41) is 6.86. The molecule has 6 heteroatoms. The van der Waals surface area contributed by atoms with Gasteiger partial charge in [-0.3, -0.25) is 4.79 Å². The highest BCUT2D eigenvalue weighted by atomic mass is 35.5. The van der Waals surface area contributed by atoms with Crippen molar-refractivity contribution in [3.8, 4) is 5.13 Å². The van der Waals surface area contributed by atoms with E-state index in [2.05, 4.69) is 10.1 Å². The largest absolute Gasteiger partial charge is 0.281 e. The van der Waals surface area contributed by atoms with Crippen molar-refractivity contribution in [2.75, 3.05) is 0 Å². The molecule has 0 radical (unpaired) electrons. The summed E-state index contributed by atoms with van der Waals surface area (Å²) in [4.78, 5) is 17.0. The fourth-order valence-corrected chi connectivity index (χ4v) is 3.40. The van der Waals surface area contributed by atoms with Crippen LogP contribution in [-0.4, -0.2) is 14.8 Å². The van der Waals surface area contributed by atoms with Crippen molar-refractivity contribution in [3.05, 3.63) is 64.0 Å². The lowest BCUT2D eigenvalue weighted by molar-refractivity contribution is 0.815. The smallest absolute Gasteiger partial charge is 0.267 e. The Bertz CT molecular complexity index is 1040. The molecule has 2 aromatic heterocycles. The molecule has 2 aromatic carbocycles. The lowest BCUT2D eigenvalue weighted by Gasteiger charge is -2.01. The predicted octanol–water partition coefficient (Wildman–Crippen LogP) is 3.65. The molecule has 0 spiro atoms. The molecule has 0 saturated heterocycles. The zero-order valence-electron chi connectivity index (χ0n) is 10.7. The molecule has 0 fully saturated rings. The zero-order valence-corrected chi connectivity index (χ0v) is 12.2. The maximum Gasteiger partial charge on any atom is 0.281 e. The Kier molecular flexibility index (Phi) is 2.77. The first-order chi connectivity index (χ1) is 10.2. The molecule has 21 heavy (non-hydrogen) atoms. The van der Waals surface area contributed by atoms with Gasteiger partial charge >= 0.3 is 0 Å². The highest BCUT2D eigenvalue weighted by Crippen LogP contribution is 2.26. The van der Waals surface area contributed by atoms with Gasteiger partial charge in [-0.1, -0.05) is 41.1 Å². The van der Waals surface area contributed by atoms with Crippen LogP contribution in [-0.2, 0) is 0 Å². The Balaban J connectivity index is 1.99. The van der Waals surface area contributed by atoms with Crippen LogP contribution >= 0.6 is 22.9 Å². The van der Waals surface area contributed by atoms with Crippen LogP contribution < -0.4 is 5.56 Å². The van der Waals surface area contributed by atoms with E-state index in [0.717, 1.165) is 15.6 Å². The van der Waals surface area contributed by atoms with E-state index in [9.17, 15) is 4.79 Å². The fraction of sp³-hybridized carbons (Fsp3) is 0. The van der Waals surface area contributed by atoms with Crippen molar-refractivity contribution in [2.45, 2.75) is 0 Å². The van der Waals surface area contributed by atoms with Gasteiger partial charge < -0.3 is 0 Å². The van der Waals surface area contributed by atoms with Crippen molar-refractivity contribution in [2.24, 2.45) is 0 Å². The molecule has 0 amide bonds. The summed E-state index contributed by atoms with van der Waals surface area (Å²) in [6.07, 6.45) is 1.68. The van der Waals surface area contributed by atoms with E-state index < -0.39 is 0 Å². The summed E-state index contributed by atoms with van der Waals surface area (Å²) >= 11 is 7.37. The highest BCUT2D eigenvalue weighted by Gasteiger charge is 2.10. The normalized spacial score (nSPS) is 11.3. The van der Waals surface area contributed by atoms with Gasteiger partial charge in [0.2, 0.25) is 5.13 Å². The van der Waals surface area contributed by atoms with Crippen LogP contribution in [0, 0.1) is 0 Å². The number of hydrogen-bond donors (Lipinski definition) is 0. The molecule has 4 aromatic rings. The van der Waals surface area contributed by atoms with Gasteiger partial charge in [0.05, 0.1) is 21.8 Å². The summed E-state index contributed by atoms with van der Waals surface area (Å²) in [5.74, 6) is 0. The topological polar surface area (TPSA) is 47.8 Å². The van der Waals surface area contributed by atoms with Gasteiger partial charge in [0, 0.05) is 10.4 Å². The van der Waals surface area contributed by atoms with Crippen molar-refractivity contribution < 1.29 is 0 Å². The number of benzene rings is 2. The van der Waals surface area contributed by atoms with E-state index in [4.69, 9.17) is 11.6 Å². The van der Waals surface area contributed by atoms with Crippen LogP contribution in [0.1, 0.15) is 0 Å². The second-order valence-corrected chi connectivity index (χ2v) is 6.00. The van der Waals surface area contributed by atoms with Crippen LogP contribution in [0.25, 0.3) is 26.1 Å². The third kappa shape index (κ3) is 2.02. The van der Waals surface area contributed by atoms with Gasteiger partial charge in [0.15, 0.2) is 0 Å². The fourth-order valence-electron chi connectivity index (χ4n) is 2.20. The Labute approximate surface area is 128 Å². The van der Waals surface area contributed by atoms with Crippen LogP contribution in [0.4, 0.5) is 0 Å². The second kappa shape index (κ2) is 4.65. The number of thiazole rings is 1. The Morgan fingerprint density at radius 2 is 2.00 bits per heavy atom. The summed E-state index contributed by atoms with van der Waals surface area (Å²) < 4.78 is 2.26. The maximum absolute atomic E-state index is 12.5. The zero-order chi connectivity index (χ0) is 14.4. The predicted molar refractivity (Wildman–Crippen MR) is 85.5 cm³/mol. The molecule has 0 aliphatic rings. The molecule has 0 aliphatic heterocycles. The molecular weight excluding hydrogens is 306 g/mol. The average Bonchev–Trinajstić information content (AvgIpc) is 2.90. The third-order valence-electron chi connectivity index (χ3n) is 3.22. The molecule has 2 heterocycles. The number of hydrogen-bond acceptors (Lipinski definition) is 4. The number of nitrogens with zero attached hydrogens (tertiary/aromatic N) is 3. The number of fused-ring (bicyclic) bond motifs is 2. The van der Waals surface area contributed by atoms with Gasteiger partial charge in [-0.2, -0.15) is 9.78 Å². The Morgan fingerprint density at radius 3 is 2.90 bits per heavy atom. The molecule has 102 valence electrons. The van der Waals surface area contributed by atoms with E-state index in [1.54, 1.807) is 18.3 Å². The van der Waals surface area contributed by atoms with Crippen LogP contribution in [0.2, 0.25) is 5.02 Å². The van der Waals surface area contributed by atoms with Gasteiger partial charge in [-0.15, -0.1) is 0 Å². The Hall–Kier alpha value is -2.24. The first-order valence-electron chi connectivity index (χ1n) is 6.26. The summed E-state index contributed by atoms with van der Waals surface area (Å²) in [6.45, 7) is 0. The average molecular weight is 314 g/mol. The van der Waals surface area contributed by atoms with E-state index >= 15 is 0 Å². The van der Waals surface area contributed by atoms with Crippen LogP contribution in [0.3, 0.4) is 0 Å². The third-order valence-corrected chi connectivity index (χ3v) is 4.45. The van der Waals surface area contributed by atoms with Gasteiger partial charge in [0.1, 0.15) is 0 Å². The van der Waals surface area contributed by atoms with Crippen molar-refractivity contribution >= 4 is 43.9 Å². The molecule has 0 N–H and O–H groups in total. The molecule has 4 nitrogen and oxygen atoms in total. The van der Waals surface area contributed by atoms with Gasteiger partial charge in [-0.25, -0.2) is 4.98 Å². The van der Waals surface area contributed by atoms with Gasteiger partial charge in [0.25, 0.3) is 5.56 Å². The molecule has 0 saturated carbocycles. The van der Waals surface area contributed by atoms with Crippen LogP contribution in [0.5, 0.6) is 0 Å². The highest BCUT2D eigenvalue weighted by molar-refractivity contribution is 7.20. The maximum atomic E-state index is 12.5. The molecule has 4 rings (SSSR count). The van der Waals surface area contributed by atoms with Crippen molar-refractivity contribution in [1.29, 1.82) is 0 Å². The van der Waals surface area contributed by atoms with Crippen LogP contribution in [0.15, 0.2) is 53.5 Å². The number of aromatic nitrogens is 3. The quantitative estimate of drug-likeness (QED) is 0.539. The minimum Gasteiger partial charge on any atom is -0.267 e.